The molecule has 4 rings (SSSR count). The zero-order valence-electron chi connectivity index (χ0n) is 23.0. The minimum Gasteiger partial charge on any atom is -0.495 e. The molecule has 0 aromatic heterocycles. The summed E-state index contributed by atoms with van der Waals surface area (Å²) in [5.41, 5.74) is 2.18. The molecule has 1 aromatic rings. The molecule has 2 heterocycles. The number of rotatable bonds is 6. The van der Waals surface area contributed by atoms with Crippen molar-refractivity contribution in [2.45, 2.75) is 82.1 Å². The molecular weight excluding hydrogens is 500 g/mol. The van der Waals surface area contributed by atoms with Crippen LogP contribution in [0, 0.1) is 0 Å². The van der Waals surface area contributed by atoms with Crippen molar-refractivity contribution < 1.29 is 14.3 Å². The van der Waals surface area contributed by atoms with E-state index in [9.17, 15) is 9.59 Å². The van der Waals surface area contributed by atoms with E-state index in [4.69, 9.17) is 16.3 Å². The first-order valence-corrected chi connectivity index (χ1v) is 14.9. The lowest BCUT2D eigenvalue weighted by atomic mass is 9.75. The van der Waals surface area contributed by atoms with Crippen LogP contribution in [-0.2, 0) is 9.59 Å². The zero-order valence-corrected chi connectivity index (χ0v) is 23.8. The third-order valence-electron chi connectivity index (χ3n) is 8.81. The summed E-state index contributed by atoms with van der Waals surface area (Å²) < 4.78 is 5.60. The van der Waals surface area contributed by atoms with Crippen LogP contribution >= 0.6 is 11.6 Å². The highest BCUT2D eigenvalue weighted by molar-refractivity contribution is 6.31. The average Bonchev–Trinajstić information content (AvgIpc) is 2.95. The molecule has 38 heavy (non-hydrogen) atoms. The zero-order chi connectivity index (χ0) is 27.0. The number of benzene rings is 1. The Kier molecular flexibility index (Phi) is 10.4. The molecule has 1 atom stereocenters. The summed E-state index contributed by atoms with van der Waals surface area (Å²) in [6, 6.07) is 3.95. The van der Waals surface area contributed by atoms with Gasteiger partial charge in [0.15, 0.2) is 0 Å². The number of nitrogens with one attached hydrogen (secondary N) is 2. The molecule has 2 N–H and O–H groups in total. The molecule has 2 amide bonds. The van der Waals surface area contributed by atoms with Gasteiger partial charge in [0.05, 0.1) is 19.3 Å². The lowest BCUT2D eigenvalue weighted by molar-refractivity contribution is -0.135. The second-order valence-corrected chi connectivity index (χ2v) is 11.6. The van der Waals surface area contributed by atoms with Crippen molar-refractivity contribution >= 4 is 29.1 Å². The van der Waals surface area contributed by atoms with Crippen LogP contribution in [0.15, 0.2) is 24.8 Å². The third-order valence-corrected chi connectivity index (χ3v) is 9.14. The number of hydrogen-bond acceptors (Lipinski definition) is 5. The van der Waals surface area contributed by atoms with Gasteiger partial charge in [0.1, 0.15) is 5.75 Å². The first kappa shape index (κ1) is 28.8. The van der Waals surface area contributed by atoms with Gasteiger partial charge in [-0.2, -0.15) is 0 Å². The van der Waals surface area contributed by atoms with Crippen molar-refractivity contribution in [1.82, 2.24) is 15.1 Å². The molecule has 2 saturated heterocycles. The molecule has 1 unspecified atom stereocenters. The topological polar surface area (TPSA) is 73.9 Å². The fraction of sp³-hybridized carbons (Fsp3) is 0.667. The Morgan fingerprint density at radius 3 is 2.26 bits per heavy atom. The highest BCUT2D eigenvalue weighted by Crippen LogP contribution is 2.41. The molecule has 3 aliphatic rings. The number of nitrogens with zero attached hydrogens (tertiary/aromatic N) is 2. The molecule has 0 bridgehead atoms. The highest BCUT2D eigenvalue weighted by Gasteiger charge is 2.35. The normalized spacial score (nSPS) is 22.5. The standard InChI is InChI=1S/C30H45ClN4O3/c1-3-28(36)34-15-17-35(18-16-34)29(37)22-32-26-19-24(25(31)20-27(26)38-2)23-11-14-30(33-21-23)12-9-7-5-4-6-8-10-13-30/h3,19-20,23,32-33H,1,4-18,21-22H2,2H3. The van der Waals surface area contributed by atoms with Gasteiger partial charge >= 0.3 is 0 Å². The number of piperazine rings is 1. The first-order chi connectivity index (χ1) is 18.4. The lowest BCUT2D eigenvalue weighted by Gasteiger charge is -2.42. The summed E-state index contributed by atoms with van der Waals surface area (Å²) in [6.45, 7) is 6.75. The summed E-state index contributed by atoms with van der Waals surface area (Å²) in [7, 11) is 1.62. The number of halogens is 1. The van der Waals surface area contributed by atoms with E-state index in [-0.39, 0.29) is 23.9 Å². The van der Waals surface area contributed by atoms with E-state index >= 15 is 0 Å². The molecular formula is C30H45ClN4O3. The predicted molar refractivity (Wildman–Crippen MR) is 154 cm³/mol. The van der Waals surface area contributed by atoms with Gasteiger partial charge in [-0.15, -0.1) is 0 Å². The predicted octanol–water partition coefficient (Wildman–Crippen LogP) is 5.35. The minimum absolute atomic E-state index is 0.00605. The summed E-state index contributed by atoms with van der Waals surface area (Å²) in [5.74, 6) is 0.894. The number of hydrogen-bond donors (Lipinski definition) is 2. The van der Waals surface area contributed by atoms with Gasteiger partial charge in [-0.25, -0.2) is 0 Å². The van der Waals surface area contributed by atoms with Crippen LogP contribution < -0.4 is 15.4 Å². The van der Waals surface area contributed by atoms with Gasteiger partial charge in [-0.3, -0.25) is 9.59 Å². The second kappa shape index (κ2) is 13.7. The summed E-state index contributed by atoms with van der Waals surface area (Å²) in [5, 5.41) is 8.00. The molecule has 1 aliphatic carbocycles. The van der Waals surface area contributed by atoms with E-state index in [1.165, 1.54) is 70.3 Å². The van der Waals surface area contributed by atoms with Gasteiger partial charge in [-0.05, 0) is 49.3 Å². The van der Waals surface area contributed by atoms with Gasteiger partial charge in [0.2, 0.25) is 11.8 Å². The number of carbonyl (C=O) groups is 2. The molecule has 1 saturated carbocycles. The lowest BCUT2D eigenvalue weighted by Crippen LogP contribution is -2.51. The number of amides is 2. The van der Waals surface area contributed by atoms with E-state index in [0.717, 1.165) is 29.2 Å². The van der Waals surface area contributed by atoms with Gasteiger partial charge < -0.3 is 25.2 Å². The molecule has 0 radical (unpaired) electrons. The molecule has 1 spiro atoms. The number of piperidine rings is 1. The molecule has 210 valence electrons. The van der Waals surface area contributed by atoms with Crippen LogP contribution in [0.3, 0.4) is 0 Å². The fourth-order valence-electron chi connectivity index (χ4n) is 6.39. The Hall–Kier alpha value is -2.25. The summed E-state index contributed by atoms with van der Waals surface area (Å²) in [6.07, 6.45) is 15.7. The second-order valence-electron chi connectivity index (χ2n) is 11.2. The maximum atomic E-state index is 12.9. The van der Waals surface area contributed by atoms with Crippen molar-refractivity contribution in [3.8, 4) is 5.75 Å². The third kappa shape index (κ3) is 7.23. The van der Waals surface area contributed by atoms with Gasteiger partial charge in [-0.1, -0.05) is 63.1 Å². The Labute approximate surface area is 233 Å². The molecule has 7 nitrogen and oxygen atoms in total. The minimum atomic E-state index is -0.0859. The van der Waals surface area contributed by atoms with Crippen LogP contribution in [-0.4, -0.2) is 73.5 Å². The van der Waals surface area contributed by atoms with Crippen LogP contribution in [0.1, 0.15) is 82.1 Å². The Morgan fingerprint density at radius 2 is 1.68 bits per heavy atom. The maximum Gasteiger partial charge on any atom is 0.246 e. The van der Waals surface area contributed by atoms with Crippen LogP contribution in [0.2, 0.25) is 5.02 Å². The molecule has 1 aromatic carbocycles. The van der Waals surface area contributed by atoms with Crippen LogP contribution in [0.25, 0.3) is 0 Å². The highest BCUT2D eigenvalue weighted by atomic mass is 35.5. The average molecular weight is 545 g/mol. The smallest absolute Gasteiger partial charge is 0.246 e. The molecule has 3 fully saturated rings. The SMILES string of the molecule is C=CC(=O)N1CCN(C(=O)CNc2cc(C3CCC4(CCCCCCCCC4)NC3)c(Cl)cc2OC)CC1. The first-order valence-electron chi connectivity index (χ1n) is 14.5. The van der Waals surface area contributed by atoms with Crippen molar-refractivity contribution in [1.29, 1.82) is 0 Å². The monoisotopic (exact) mass is 544 g/mol. The fourth-order valence-corrected chi connectivity index (χ4v) is 6.70. The van der Waals surface area contributed by atoms with E-state index in [1.807, 2.05) is 6.07 Å². The van der Waals surface area contributed by atoms with Gasteiger partial charge in [0.25, 0.3) is 0 Å². The van der Waals surface area contributed by atoms with Crippen molar-refractivity contribution in [3.05, 3.63) is 35.4 Å². The Morgan fingerprint density at radius 1 is 1.05 bits per heavy atom. The largest absolute Gasteiger partial charge is 0.495 e. The summed E-state index contributed by atoms with van der Waals surface area (Å²) >= 11 is 6.76. The van der Waals surface area contributed by atoms with Crippen molar-refractivity contribution in [3.63, 3.8) is 0 Å². The van der Waals surface area contributed by atoms with Crippen molar-refractivity contribution in [2.75, 3.05) is 51.7 Å². The maximum absolute atomic E-state index is 12.9. The number of ether oxygens (including phenoxy) is 1. The Bertz CT molecular complexity index is 956. The van der Waals surface area contributed by atoms with E-state index in [0.29, 0.717) is 37.8 Å². The molecule has 8 heteroatoms. The van der Waals surface area contributed by atoms with Crippen LogP contribution in [0.4, 0.5) is 5.69 Å². The summed E-state index contributed by atoms with van der Waals surface area (Å²) in [4.78, 5) is 28.2. The Balaban J connectivity index is 1.37. The molecule has 2 aliphatic heterocycles. The van der Waals surface area contributed by atoms with Crippen LogP contribution in [0.5, 0.6) is 5.75 Å². The van der Waals surface area contributed by atoms with Crippen molar-refractivity contribution in [2.24, 2.45) is 0 Å². The van der Waals surface area contributed by atoms with E-state index in [2.05, 4.69) is 23.3 Å². The van der Waals surface area contributed by atoms with E-state index < -0.39 is 0 Å². The van der Waals surface area contributed by atoms with E-state index in [1.54, 1.807) is 16.9 Å². The van der Waals surface area contributed by atoms with Gasteiger partial charge in [0, 0.05) is 49.4 Å². The quantitative estimate of drug-likeness (QED) is 0.472. The number of methoxy groups -OCH3 is 1. The number of anilines is 1. The number of carbonyl (C=O) groups excluding carboxylic acids is 2.